The van der Waals surface area contributed by atoms with E-state index in [-0.39, 0.29) is 4.90 Å². The number of hydrogen-bond acceptors (Lipinski definition) is 5. The zero-order chi connectivity index (χ0) is 15.7. The molecule has 6 heteroatoms. The molecule has 2 aromatic carbocycles. The van der Waals surface area contributed by atoms with E-state index in [4.69, 9.17) is 4.18 Å². The highest BCUT2D eigenvalue weighted by Gasteiger charge is 2.22. The average Bonchev–Trinajstić information content (AvgIpc) is 2.91. The van der Waals surface area contributed by atoms with Crippen LogP contribution in [0.5, 0.6) is 0 Å². The fraction of sp³-hybridized carbons (Fsp3) is 0.188. The van der Waals surface area contributed by atoms with Gasteiger partial charge in [-0.15, -0.1) is 11.3 Å². The van der Waals surface area contributed by atoms with Crippen LogP contribution in [0.1, 0.15) is 23.6 Å². The lowest BCUT2D eigenvalue weighted by molar-refractivity contribution is 0.234. The van der Waals surface area contributed by atoms with E-state index in [1.165, 1.54) is 11.3 Å². The van der Waals surface area contributed by atoms with E-state index in [2.05, 4.69) is 4.98 Å². The SMILES string of the molecule is Cc1ccc(S(=O)(=O)O[C@H](C)c2nc3ccccc3s2)cc1. The van der Waals surface area contributed by atoms with Crippen LogP contribution in [0.3, 0.4) is 0 Å². The number of hydrogen-bond donors (Lipinski definition) is 0. The van der Waals surface area contributed by atoms with Crippen molar-refractivity contribution in [3.05, 3.63) is 59.1 Å². The molecular formula is C16H15NO3S2. The van der Waals surface area contributed by atoms with Crippen molar-refractivity contribution in [2.24, 2.45) is 0 Å². The molecule has 0 bridgehead atoms. The molecule has 3 rings (SSSR count). The second kappa shape index (κ2) is 5.79. The normalized spacial score (nSPS) is 13.4. The zero-order valence-corrected chi connectivity index (χ0v) is 13.8. The molecule has 0 amide bonds. The predicted octanol–water partition coefficient (Wildman–Crippen LogP) is 4.07. The van der Waals surface area contributed by atoms with Crippen LogP contribution in [-0.4, -0.2) is 13.4 Å². The smallest absolute Gasteiger partial charge is 0.256 e. The lowest BCUT2D eigenvalue weighted by Gasteiger charge is -2.10. The Morgan fingerprint density at radius 1 is 1.09 bits per heavy atom. The first-order chi connectivity index (χ1) is 10.5. The maximum absolute atomic E-state index is 12.3. The molecule has 0 aliphatic carbocycles. The maximum Gasteiger partial charge on any atom is 0.297 e. The van der Waals surface area contributed by atoms with E-state index >= 15 is 0 Å². The quantitative estimate of drug-likeness (QED) is 0.675. The lowest BCUT2D eigenvalue weighted by Crippen LogP contribution is -2.10. The summed E-state index contributed by atoms with van der Waals surface area (Å²) in [4.78, 5) is 4.59. The molecule has 1 atom stereocenters. The molecule has 0 fully saturated rings. The van der Waals surface area contributed by atoms with Gasteiger partial charge in [0.1, 0.15) is 11.1 Å². The zero-order valence-electron chi connectivity index (χ0n) is 12.2. The Kier molecular flexibility index (Phi) is 3.99. The van der Waals surface area contributed by atoms with Gasteiger partial charge in [-0.2, -0.15) is 8.42 Å². The van der Waals surface area contributed by atoms with Crippen molar-refractivity contribution in [1.82, 2.24) is 4.98 Å². The molecule has 1 heterocycles. The molecular weight excluding hydrogens is 318 g/mol. The number of para-hydroxylation sites is 1. The molecule has 0 saturated heterocycles. The first-order valence-electron chi connectivity index (χ1n) is 6.81. The number of nitrogens with zero attached hydrogens (tertiary/aromatic N) is 1. The Morgan fingerprint density at radius 2 is 1.77 bits per heavy atom. The summed E-state index contributed by atoms with van der Waals surface area (Å²) in [6, 6.07) is 14.3. The summed E-state index contributed by atoms with van der Waals surface area (Å²) < 4.78 is 30.9. The van der Waals surface area contributed by atoms with Crippen LogP contribution in [0.2, 0.25) is 0 Å². The summed E-state index contributed by atoms with van der Waals surface area (Å²) in [6.45, 7) is 3.60. The molecule has 3 aromatic rings. The third-order valence-electron chi connectivity index (χ3n) is 3.24. The van der Waals surface area contributed by atoms with Gasteiger partial charge in [0.2, 0.25) is 0 Å². The second-order valence-electron chi connectivity index (χ2n) is 5.03. The highest BCUT2D eigenvalue weighted by molar-refractivity contribution is 7.86. The number of fused-ring (bicyclic) bond motifs is 1. The number of thiazole rings is 1. The Hall–Kier alpha value is -1.76. The van der Waals surface area contributed by atoms with Crippen LogP contribution in [0, 0.1) is 6.92 Å². The molecule has 114 valence electrons. The van der Waals surface area contributed by atoms with E-state index in [0.717, 1.165) is 15.8 Å². The summed E-state index contributed by atoms with van der Waals surface area (Å²) in [7, 11) is -3.80. The van der Waals surface area contributed by atoms with Crippen LogP contribution < -0.4 is 0 Å². The standard InChI is InChI=1S/C16H15NO3S2/c1-11-7-9-13(10-8-11)22(18,19)20-12(2)16-17-14-5-3-4-6-15(14)21-16/h3-10,12H,1-2H3/t12-/m1/s1. The Labute approximate surface area is 133 Å². The largest absolute Gasteiger partial charge is 0.297 e. The second-order valence-corrected chi connectivity index (χ2v) is 7.66. The lowest BCUT2D eigenvalue weighted by atomic mass is 10.2. The van der Waals surface area contributed by atoms with Gasteiger partial charge in [0.25, 0.3) is 10.1 Å². The molecule has 4 nitrogen and oxygen atoms in total. The van der Waals surface area contributed by atoms with Crippen molar-refractivity contribution in [2.75, 3.05) is 0 Å². The Morgan fingerprint density at radius 3 is 2.45 bits per heavy atom. The van der Waals surface area contributed by atoms with Crippen molar-refractivity contribution >= 4 is 31.7 Å². The maximum atomic E-state index is 12.3. The van der Waals surface area contributed by atoms with E-state index in [9.17, 15) is 8.42 Å². The van der Waals surface area contributed by atoms with Crippen LogP contribution in [-0.2, 0) is 14.3 Å². The van der Waals surface area contributed by atoms with Gasteiger partial charge in [0, 0.05) is 0 Å². The Balaban J connectivity index is 1.86. The van der Waals surface area contributed by atoms with E-state index in [1.54, 1.807) is 31.2 Å². The molecule has 0 aliphatic rings. The minimum Gasteiger partial charge on any atom is -0.256 e. The first-order valence-corrected chi connectivity index (χ1v) is 9.03. The molecule has 0 saturated carbocycles. The molecule has 0 radical (unpaired) electrons. The highest BCUT2D eigenvalue weighted by Crippen LogP contribution is 2.30. The number of aryl methyl sites for hydroxylation is 1. The van der Waals surface area contributed by atoms with Crippen molar-refractivity contribution in [3.63, 3.8) is 0 Å². The van der Waals surface area contributed by atoms with Gasteiger partial charge in [-0.25, -0.2) is 4.98 Å². The monoisotopic (exact) mass is 333 g/mol. The predicted molar refractivity (Wildman–Crippen MR) is 87.5 cm³/mol. The summed E-state index contributed by atoms with van der Waals surface area (Å²) in [5, 5.41) is 0.650. The topological polar surface area (TPSA) is 56.3 Å². The van der Waals surface area contributed by atoms with Crippen LogP contribution >= 0.6 is 11.3 Å². The third kappa shape index (κ3) is 3.04. The molecule has 0 aliphatic heterocycles. The highest BCUT2D eigenvalue weighted by atomic mass is 32.2. The van der Waals surface area contributed by atoms with Gasteiger partial charge in [-0.3, -0.25) is 4.18 Å². The van der Waals surface area contributed by atoms with Crippen LogP contribution in [0.25, 0.3) is 10.2 Å². The third-order valence-corrected chi connectivity index (χ3v) is 5.83. The van der Waals surface area contributed by atoms with Crippen molar-refractivity contribution in [1.29, 1.82) is 0 Å². The van der Waals surface area contributed by atoms with Crippen molar-refractivity contribution in [2.45, 2.75) is 24.8 Å². The fourth-order valence-electron chi connectivity index (χ4n) is 2.06. The molecule has 22 heavy (non-hydrogen) atoms. The minimum atomic E-state index is -3.80. The number of aromatic nitrogens is 1. The van der Waals surface area contributed by atoms with E-state index in [0.29, 0.717) is 5.01 Å². The van der Waals surface area contributed by atoms with Crippen molar-refractivity contribution < 1.29 is 12.6 Å². The van der Waals surface area contributed by atoms with E-state index in [1.807, 2.05) is 31.2 Å². The van der Waals surface area contributed by atoms with Crippen molar-refractivity contribution in [3.8, 4) is 0 Å². The van der Waals surface area contributed by atoms with Gasteiger partial charge in [-0.05, 0) is 38.1 Å². The first kappa shape index (κ1) is 15.1. The summed E-state index contributed by atoms with van der Waals surface area (Å²) >= 11 is 1.44. The van der Waals surface area contributed by atoms with Crippen LogP contribution in [0.15, 0.2) is 53.4 Å². The number of rotatable bonds is 4. The van der Waals surface area contributed by atoms with Gasteiger partial charge in [0.05, 0.1) is 15.1 Å². The van der Waals surface area contributed by atoms with Gasteiger partial charge >= 0.3 is 0 Å². The van der Waals surface area contributed by atoms with Gasteiger partial charge in [-0.1, -0.05) is 29.8 Å². The minimum absolute atomic E-state index is 0.158. The summed E-state index contributed by atoms with van der Waals surface area (Å²) in [5.41, 5.74) is 1.85. The van der Waals surface area contributed by atoms with Crippen LogP contribution in [0.4, 0.5) is 0 Å². The van der Waals surface area contributed by atoms with Gasteiger partial charge in [0.15, 0.2) is 0 Å². The summed E-state index contributed by atoms with van der Waals surface area (Å²) in [6.07, 6.45) is -0.622. The Bertz CT molecular complexity index is 866. The number of benzene rings is 2. The fourth-order valence-corrected chi connectivity index (χ4v) is 4.12. The summed E-state index contributed by atoms with van der Waals surface area (Å²) in [5.74, 6) is 0. The average molecular weight is 333 g/mol. The molecule has 1 aromatic heterocycles. The molecule has 0 N–H and O–H groups in total. The van der Waals surface area contributed by atoms with E-state index < -0.39 is 16.2 Å². The molecule has 0 unspecified atom stereocenters. The van der Waals surface area contributed by atoms with Gasteiger partial charge < -0.3 is 0 Å². The molecule has 0 spiro atoms.